The van der Waals surface area contributed by atoms with E-state index < -0.39 is 0 Å². The van der Waals surface area contributed by atoms with Gasteiger partial charge in [0.05, 0.1) is 0 Å². The Kier molecular flexibility index (Phi) is 5.43. The van der Waals surface area contributed by atoms with Crippen molar-refractivity contribution in [2.24, 2.45) is 0 Å². The monoisotopic (exact) mass is 291 g/mol. The van der Waals surface area contributed by atoms with Crippen LogP contribution in [-0.2, 0) is 11.2 Å². The van der Waals surface area contributed by atoms with E-state index in [0.717, 1.165) is 12.8 Å². The second kappa shape index (κ2) is 7.52. The first-order valence-corrected chi connectivity index (χ1v) is 7.04. The summed E-state index contributed by atoms with van der Waals surface area (Å²) in [6, 6.07) is 5.88. The van der Waals surface area contributed by atoms with Gasteiger partial charge in [-0.25, -0.2) is 4.39 Å². The zero-order valence-corrected chi connectivity index (χ0v) is 11.9. The van der Waals surface area contributed by atoms with E-state index in [1.165, 1.54) is 12.1 Å². The fraction of sp³-hybridized carbons (Fsp3) is 0.400. The van der Waals surface area contributed by atoms with Gasteiger partial charge in [0.2, 0.25) is 17.6 Å². The Bertz CT molecular complexity index is 581. The predicted molar refractivity (Wildman–Crippen MR) is 75.9 cm³/mol. The summed E-state index contributed by atoms with van der Waals surface area (Å²) in [6.07, 6.45) is 2.91. The van der Waals surface area contributed by atoms with Crippen molar-refractivity contribution < 1.29 is 13.7 Å². The number of carbonyl (C=O) groups excluding carboxylic acids is 1. The third kappa shape index (κ3) is 4.66. The molecule has 0 spiro atoms. The van der Waals surface area contributed by atoms with Crippen LogP contribution >= 0.6 is 0 Å². The maximum atomic E-state index is 12.8. The molecule has 0 aliphatic rings. The average molecular weight is 291 g/mol. The van der Waals surface area contributed by atoms with Gasteiger partial charge in [-0.1, -0.05) is 18.5 Å². The topological polar surface area (TPSA) is 68.0 Å². The average Bonchev–Trinajstić information content (AvgIpc) is 2.95. The van der Waals surface area contributed by atoms with Crippen LogP contribution in [0.4, 0.5) is 4.39 Å². The number of carbonyl (C=O) groups is 1. The summed E-state index contributed by atoms with van der Waals surface area (Å²) < 4.78 is 17.9. The molecule has 0 bridgehead atoms. The molecule has 21 heavy (non-hydrogen) atoms. The number of amides is 1. The molecule has 0 radical (unpaired) electrons. The van der Waals surface area contributed by atoms with Crippen LogP contribution < -0.4 is 5.32 Å². The molecule has 1 heterocycles. The number of hydrogen-bond acceptors (Lipinski definition) is 4. The van der Waals surface area contributed by atoms with Crippen molar-refractivity contribution in [3.05, 3.63) is 36.0 Å². The first kappa shape index (κ1) is 15.2. The lowest BCUT2D eigenvalue weighted by atomic mass is 10.2. The van der Waals surface area contributed by atoms with Gasteiger partial charge in [-0.3, -0.25) is 4.79 Å². The van der Waals surface area contributed by atoms with Gasteiger partial charge >= 0.3 is 0 Å². The highest BCUT2D eigenvalue weighted by Gasteiger charge is 2.09. The Morgan fingerprint density at radius 3 is 2.81 bits per heavy atom. The minimum Gasteiger partial charge on any atom is -0.356 e. The summed E-state index contributed by atoms with van der Waals surface area (Å²) in [7, 11) is 0. The quantitative estimate of drug-likeness (QED) is 0.851. The van der Waals surface area contributed by atoms with Crippen LogP contribution in [0.15, 0.2) is 28.8 Å². The van der Waals surface area contributed by atoms with Gasteiger partial charge in [0.15, 0.2) is 0 Å². The summed E-state index contributed by atoms with van der Waals surface area (Å²) in [6.45, 7) is 2.51. The molecular weight excluding hydrogens is 273 g/mol. The van der Waals surface area contributed by atoms with Crippen LogP contribution in [-0.4, -0.2) is 22.6 Å². The first-order chi connectivity index (χ1) is 10.2. The summed E-state index contributed by atoms with van der Waals surface area (Å²) in [4.78, 5) is 15.7. The Hall–Kier alpha value is -2.24. The number of halogens is 1. The van der Waals surface area contributed by atoms with Crippen LogP contribution in [0.1, 0.15) is 32.1 Å². The van der Waals surface area contributed by atoms with Crippen molar-refractivity contribution in [3.8, 4) is 11.4 Å². The fourth-order valence-electron chi connectivity index (χ4n) is 1.81. The summed E-state index contributed by atoms with van der Waals surface area (Å²) in [5, 5.41) is 6.65. The molecule has 1 aromatic heterocycles. The largest absolute Gasteiger partial charge is 0.356 e. The predicted octanol–water partition coefficient (Wildman–Crippen LogP) is 2.72. The van der Waals surface area contributed by atoms with Crippen LogP contribution in [0.3, 0.4) is 0 Å². The second-order valence-corrected chi connectivity index (χ2v) is 4.72. The van der Waals surface area contributed by atoms with Crippen LogP contribution in [0.5, 0.6) is 0 Å². The number of benzene rings is 1. The van der Waals surface area contributed by atoms with Gasteiger partial charge in [-0.15, -0.1) is 0 Å². The molecule has 0 aliphatic heterocycles. The van der Waals surface area contributed by atoms with Gasteiger partial charge in [-0.05, 0) is 30.7 Å². The van der Waals surface area contributed by atoms with E-state index >= 15 is 0 Å². The molecule has 1 N–H and O–H groups in total. The maximum absolute atomic E-state index is 12.8. The van der Waals surface area contributed by atoms with E-state index in [4.69, 9.17) is 4.52 Å². The second-order valence-electron chi connectivity index (χ2n) is 4.72. The molecule has 2 rings (SSSR count). The van der Waals surface area contributed by atoms with E-state index in [1.54, 1.807) is 12.1 Å². The number of rotatable bonds is 7. The highest BCUT2D eigenvalue weighted by Crippen LogP contribution is 2.16. The number of nitrogens with zero attached hydrogens (tertiary/aromatic N) is 2. The molecule has 0 aliphatic carbocycles. The third-order valence-corrected chi connectivity index (χ3v) is 2.99. The maximum Gasteiger partial charge on any atom is 0.228 e. The van der Waals surface area contributed by atoms with E-state index in [-0.39, 0.29) is 11.7 Å². The smallest absolute Gasteiger partial charge is 0.228 e. The standard InChI is InChI=1S/C15H18FN3O2/c1-2-3-4-13(20)17-10-9-14-18-15(19-21-14)11-5-7-12(16)8-6-11/h5-8H,2-4,9-10H2,1H3,(H,17,20). The Labute approximate surface area is 122 Å². The van der Waals surface area contributed by atoms with Crippen molar-refractivity contribution >= 4 is 5.91 Å². The van der Waals surface area contributed by atoms with Gasteiger partial charge in [-0.2, -0.15) is 4.98 Å². The fourth-order valence-corrected chi connectivity index (χ4v) is 1.81. The van der Waals surface area contributed by atoms with Crippen molar-refractivity contribution in [2.75, 3.05) is 6.54 Å². The highest BCUT2D eigenvalue weighted by molar-refractivity contribution is 5.75. The van der Waals surface area contributed by atoms with Crippen molar-refractivity contribution in [1.82, 2.24) is 15.5 Å². The van der Waals surface area contributed by atoms with E-state index in [1.807, 2.05) is 6.92 Å². The lowest BCUT2D eigenvalue weighted by Crippen LogP contribution is -2.25. The number of unbranched alkanes of at least 4 members (excludes halogenated alkanes) is 1. The molecule has 0 unspecified atom stereocenters. The molecule has 6 heteroatoms. The van der Waals surface area contributed by atoms with Crippen LogP contribution in [0.25, 0.3) is 11.4 Å². The van der Waals surface area contributed by atoms with E-state index in [9.17, 15) is 9.18 Å². The molecule has 1 aromatic carbocycles. The Morgan fingerprint density at radius 2 is 2.10 bits per heavy atom. The summed E-state index contributed by atoms with van der Waals surface area (Å²) in [5.74, 6) is 0.597. The molecule has 1 amide bonds. The summed E-state index contributed by atoms with van der Waals surface area (Å²) in [5.41, 5.74) is 0.693. The van der Waals surface area contributed by atoms with Crippen molar-refractivity contribution in [3.63, 3.8) is 0 Å². The molecule has 0 saturated carbocycles. The van der Waals surface area contributed by atoms with E-state index in [0.29, 0.717) is 36.7 Å². The number of hydrogen-bond donors (Lipinski definition) is 1. The number of nitrogens with one attached hydrogen (secondary N) is 1. The highest BCUT2D eigenvalue weighted by atomic mass is 19.1. The van der Waals surface area contributed by atoms with E-state index in [2.05, 4.69) is 15.5 Å². The van der Waals surface area contributed by atoms with Gasteiger partial charge in [0.25, 0.3) is 0 Å². The third-order valence-electron chi connectivity index (χ3n) is 2.99. The molecule has 5 nitrogen and oxygen atoms in total. The van der Waals surface area contributed by atoms with Crippen molar-refractivity contribution in [2.45, 2.75) is 32.6 Å². The van der Waals surface area contributed by atoms with Crippen LogP contribution in [0.2, 0.25) is 0 Å². The molecule has 2 aromatic rings. The van der Waals surface area contributed by atoms with Gasteiger partial charge in [0.1, 0.15) is 5.82 Å². The summed E-state index contributed by atoms with van der Waals surface area (Å²) >= 11 is 0. The minimum absolute atomic E-state index is 0.0372. The number of aromatic nitrogens is 2. The molecule has 0 atom stereocenters. The first-order valence-electron chi connectivity index (χ1n) is 7.04. The molecular formula is C15H18FN3O2. The normalized spacial score (nSPS) is 10.6. The zero-order valence-electron chi connectivity index (χ0n) is 11.9. The molecule has 0 saturated heterocycles. The minimum atomic E-state index is -0.308. The lowest BCUT2D eigenvalue weighted by Gasteiger charge is -2.01. The van der Waals surface area contributed by atoms with Gasteiger partial charge < -0.3 is 9.84 Å². The molecule has 112 valence electrons. The lowest BCUT2D eigenvalue weighted by molar-refractivity contribution is -0.121. The SMILES string of the molecule is CCCCC(=O)NCCc1nc(-c2ccc(F)cc2)no1. The zero-order chi connectivity index (χ0) is 15.1. The molecule has 0 fully saturated rings. The Balaban J connectivity index is 1.83. The van der Waals surface area contributed by atoms with Gasteiger partial charge in [0, 0.05) is 24.9 Å². The van der Waals surface area contributed by atoms with Crippen molar-refractivity contribution in [1.29, 1.82) is 0 Å². The van der Waals surface area contributed by atoms with Crippen LogP contribution in [0, 0.1) is 5.82 Å². The Morgan fingerprint density at radius 1 is 1.33 bits per heavy atom.